The first kappa shape index (κ1) is 9.72. The summed E-state index contributed by atoms with van der Waals surface area (Å²) in [6.45, 7) is 8.52. The highest BCUT2D eigenvalue weighted by atomic mass is 16.1. The van der Waals surface area contributed by atoms with Crippen LogP contribution in [0.1, 0.15) is 40.5 Å². The van der Waals surface area contributed by atoms with Gasteiger partial charge in [0.05, 0.1) is 0 Å². The first-order valence-electron chi connectivity index (χ1n) is 4.51. The third-order valence-corrected chi connectivity index (χ3v) is 3.08. The second-order valence-electron chi connectivity index (χ2n) is 5.08. The van der Waals surface area contributed by atoms with Crippen molar-refractivity contribution in [1.82, 2.24) is 4.90 Å². The third kappa shape index (κ3) is 1.53. The van der Waals surface area contributed by atoms with Crippen LogP contribution >= 0.6 is 0 Å². The van der Waals surface area contributed by atoms with Gasteiger partial charge in [0.25, 0.3) is 0 Å². The summed E-state index contributed by atoms with van der Waals surface area (Å²) in [6, 6.07) is 0. The molecular formula is C10H19NO. The molecule has 12 heavy (non-hydrogen) atoms. The van der Waals surface area contributed by atoms with Gasteiger partial charge in [0.15, 0.2) is 0 Å². The zero-order chi connectivity index (χ0) is 9.57. The van der Waals surface area contributed by atoms with Crippen molar-refractivity contribution < 1.29 is 4.79 Å². The Morgan fingerprint density at radius 1 is 1.08 bits per heavy atom. The van der Waals surface area contributed by atoms with Crippen LogP contribution in [0.25, 0.3) is 0 Å². The van der Waals surface area contributed by atoms with Crippen molar-refractivity contribution in [1.29, 1.82) is 0 Å². The Morgan fingerprint density at radius 2 is 1.42 bits per heavy atom. The molecule has 70 valence electrons. The lowest BCUT2D eigenvalue weighted by Gasteiger charge is -2.50. The van der Waals surface area contributed by atoms with Crippen LogP contribution in [-0.4, -0.2) is 28.8 Å². The second-order valence-corrected chi connectivity index (χ2v) is 5.08. The Kier molecular flexibility index (Phi) is 2.07. The lowest BCUT2D eigenvalue weighted by molar-refractivity contribution is -0.131. The fourth-order valence-electron chi connectivity index (χ4n) is 2.08. The maximum absolute atomic E-state index is 11.4. The van der Waals surface area contributed by atoms with E-state index in [1.807, 2.05) is 0 Å². The lowest BCUT2D eigenvalue weighted by Crippen LogP contribution is -2.58. The standard InChI is InChI=1S/C10H19NO/c1-9(2)6-8(12)7-10(3,4)11(9)5/h6-7H2,1-5H3. The van der Waals surface area contributed by atoms with E-state index < -0.39 is 0 Å². The number of rotatable bonds is 0. The van der Waals surface area contributed by atoms with E-state index in [0.29, 0.717) is 18.6 Å². The minimum Gasteiger partial charge on any atom is -0.300 e. The molecule has 0 N–H and O–H groups in total. The molecule has 0 spiro atoms. The van der Waals surface area contributed by atoms with E-state index in [-0.39, 0.29) is 11.1 Å². The van der Waals surface area contributed by atoms with Gasteiger partial charge in [-0.05, 0) is 34.7 Å². The lowest BCUT2D eigenvalue weighted by atomic mass is 9.80. The number of likely N-dealkylation sites (tertiary alicyclic amines) is 1. The topological polar surface area (TPSA) is 20.3 Å². The number of nitrogens with zero attached hydrogens (tertiary/aromatic N) is 1. The van der Waals surface area contributed by atoms with E-state index in [4.69, 9.17) is 0 Å². The minimum atomic E-state index is 0.0266. The monoisotopic (exact) mass is 169 g/mol. The van der Waals surface area contributed by atoms with Gasteiger partial charge in [-0.2, -0.15) is 0 Å². The van der Waals surface area contributed by atoms with Gasteiger partial charge in [0.2, 0.25) is 0 Å². The van der Waals surface area contributed by atoms with Crippen LogP contribution in [0.5, 0.6) is 0 Å². The van der Waals surface area contributed by atoms with Crippen molar-refractivity contribution in [2.45, 2.75) is 51.6 Å². The molecule has 0 aromatic heterocycles. The predicted octanol–water partition coefficient (Wildman–Crippen LogP) is 1.84. The van der Waals surface area contributed by atoms with Crippen molar-refractivity contribution in [3.8, 4) is 0 Å². The molecule has 0 unspecified atom stereocenters. The van der Waals surface area contributed by atoms with Gasteiger partial charge in [0.1, 0.15) is 5.78 Å². The highest BCUT2D eigenvalue weighted by molar-refractivity contribution is 5.81. The van der Waals surface area contributed by atoms with Gasteiger partial charge < -0.3 is 0 Å². The van der Waals surface area contributed by atoms with E-state index in [1.54, 1.807) is 0 Å². The van der Waals surface area contributed by atoms with Crippen LogP contribution in [0.15, 0.2) is 0 Å². The molecule has 1 fully saturated rings. The van der Waals surface area contributed by atoms with E-state index in [0.717, 1.165) is 0 Å². The van der Waals surface area contributed by atoms with Crippen LogP contribution < -0.4 is 0 Å². The molecule has 0 aromatic carbocycles. The number of piperidine rings is 1. The summed E-state index contributed by atoms with van der Waals surface area (Å²) in [5, 5.41) is 0. The molecule has 2 heteroatoms. The minimum absolute atomic E-state index is 0.0266. The average molecular weight is 169 g/mol. The van der Waals surface area contributed by atoms with Crippen molar-refractivity contribution in [2.75, 3.05) is 7.05 Å². The molecule has 0 bridgehead atoms. The SMILES string of the molecule is CN1C(C)(C)CC(=O)CC1(C)C. The zero-order valence-corrected chi connectivity index (χ0v) is 8.77. The van der Waals surface area contributed by atoms with E-state index in [2.05, 4.69) is 39.6 Å². The van der Waals surface area contributed by atoms with Crippen molar-refractivity contribution in [3.05, 3.63) is 0 Å². The molecule has 0 aromatic rings. The second kappa shape index (κ2) is 2.56. The van der Waals surface area contributed by atoms with Crippen LogP contribution in [0, 0.1) is 0 Å². The van der Waals surface area contributed by atoms with E-state index in [9.17, 15) is 4.79 Å². The van der Waals surface area contributed by atoms with Crippen LogP contribution in [0.4, 0.5) is 0 Å². The van der Waals surface area contributed by atoms with Gasteiger partial charge >= 0.3 is 0 Å². The fraction of sp³-hybridized carbons (Fsp3) is 0.900. The summed E-state index contributed by atoms with van der Waals surface area (Å²) >= 11 is 0. The molecule has 2 nitrogen and oxygen atoms in total. The normalized spacial score (nSPS) is 28.9. The number of hydrogen-bond acceptors (Lipinski definition) is 2. The number of ketones is 1. The number of carbonyl (C=O) groups excluding carboxylic acids is 1. The Bertz CT molecular complexity index is 186. The summed E-state index contributed by atoms with van der Waals surface area (Å²) in [5.41, 5.74) is 0.0532. The molecule has 1 aliphatic heterocycles. The molecule has 1 aliphatic rings. The Labute approximate surface area is 74.9 Å². The van der Waals surface area contributed by atoms with Crippen LogP contribution in [-0.2, 0) is 4.79 Å². The number of Topliss-reactive ketones (excluding diaryl/α,β-unsaturated/α-hetero) is 1. The molecule has 1 rings (SSSR count). The highest BCUT2D eigenvalue weighted by Gasteiger charge is 2.42. The van der Waals surface area contributed by atoms with E-state index >= 15 is 0 Å². The molecule has 0 saturated carbocycles. The summed E-state index contributed by atoms with van der Waals surface area (Å²) in [5.74, 6) is 0.392. The van der Waals surface area contributed by atoms with Gasteiger partial charge in [-0.3, -0.25) is 9.69 Å². The largest absolute Gasteiger partial charge is 0.300 e. The first-order valence-corrected chi connectivity index (χ1v) is 4.51. The van der Waals surface area contributed by atoms with Gasteiger partial charge in [-0.15, -0.1) is 0 Å². The maximum Gasteiger partial charge on any atom is 0.136 e. The quantitative estimate of drug-likeness (QED) is 0.551. The average Bonchev–Trinajstić information content (AvgIpc) is 1.80. The molecular weight excluding hydrogens is 150 g/mol. The Balaban J connectivity index is 2.91. The third-order valence-electron chi connectivity index (χ3n) is 3.08. The molecule has 0 radical (unpaired) electrons. The van der Waals surface area contributed by atoms with E-state index in [1.165, 1.54) is 0 Å². The maximum atomic E-state index is 11.4. The highest BCUT2D eigenvalue weighted by Crippen LogP contribution is 2.34. The summed E-state index contributed by atoms with van der Waals surface area (Å²) in [4.78, 5) is 13.7. The summed E-state index contributed by atoms with van der Waals surface area (Å²) in [6.07, 6.45) is 1.37. The summed E-state index contributed by atoms with van der Waals surface area (Å²) < 4.78 is 0. The zero-order valence-electron chi connectivity index (χ0n) is 8.77. The predicted molar refractivity (Wildman–Crippen MR) is 50.2 cm³/mol. The smallest absolute Gasteiger partial charge is 0.136 e. The van der Waals surface area contributed by atoms with Gasteiger partial charge in [-0.25, -0.2) is 0 Å². The van der Waals surface area contributed by atoms with Crippen molar-refractivity contribution in [2.24, 2.45) is 0 Å². The fourth-order valence-corrected chi connectivity index (χ4v) is 2.08. The van der Waals surface area contributed by atoms with Gasteiger partial charge in [0, 0.05) is 23.9 Å². The molecule has 1 saturated heterocycles. The molecule has 0 aliphatic carbocycles. The number of hydrogen-bond donors (Lipinski definition) is 0. The van der Waals surface area contributed by atoms with Crippen molar-refractivity contribution in [3.63, 3.8) is 0 Å². The summed E-state index contributed by atoms with van der Waals surface area (Å²) in [7, 11) is 2.10. The van der Waals surface area contributed by atoms with Gasteiger partial charge in [-0.1, -0.05) is 0 Å². The Morgan fingerprint density at radius 3 is 1.75 bits per heavy atom. The molecule has 0 atom stereocenters. The molecule has 1 heterocycles. The number of carbonyl (C=O) groups is 1. The first-order chi connectivity index (χ1) is 5.26. The van der Waals surface area contributed by atoms with Crippen LogP contribution in [0.2, 0.25) is 0 Å². The Hall–Kier alpha value is -0.370. The van der Waals surface area contributed by atoms with Crippen molar-refractivity contribution >= 4 is 5.78 Å². The van der Waals surface area contributed by atoms with Crippen LogP contribution in [0.3, 0.4) is 0 Å². The molecule has 0 amide bonds.